The molecule has 0 aromatic carbocycles. The summed E-state index contributed by atoms with van der Waals surface area (Å²) in [5, 5.41) is 0. The SMILES string of the molecule is CCc1nccn1-c1ncc[nH]c1=O. The minimum atomic E-state index is -0.208. The quantitative estimate of drug-likeness (QED) is 0.750. The van der Waals surface area contributed by atoms with Crippen LogP contribution in [0.3, 0.4) is 0 Å². The largest absolute Gasteiger partial charge is 0.324 e. The Bertz CT molecular complexity index is 485. The molecule has 2 heterocycles. The fourth-order valence-corrected chi connectivity index (χ4v) is 1.30. The highest BCUT2D eigenvalue weighted by Crippen LogP contribution is 2.02. The first-order chi connectivity index (χ1) is 6.83. The van der Waals surface area contributed by atoms with Gasteiger partial charge in [0.15, 0.2) is 0 Å². The fourth-order valence-electron chi connectivity index (χ4n) is 1.30. The van der Waals surface area contributed by atoms with Gasteiger partial charge in [0.25, 0.3) is 5.56 Å². The number of imidazole rings is 1. The zero-order valence-corrected chi connectivity index (χ0v) is 7.77. The number of aromatic nitrogens is 4. The van der Waals surface area contributed by atoms with Gasteiger partial charge in [0.2, 0.25) is 5.82 Å². The Morgan fingerprint density at radius 1 is 1.43 bits per heavy atom. The number of nitrogens with zero attached hydrogens (tertiary/aromatic N) is 3. The molecular weight excluding hydrogens is 180 g/mol. The first-order valence-corrected chi connectivity index (χ1v) is 4.39. The first kappa shape index (κ1) is 8.68. The van der Waals surface area contributed by atoms with Crippen molar-refractivity contribution in [2.75, 3.05) is 0 Å². The summed E-state index contributed by atoms with van der Waals surface area (Å²) in [5.41, 5.74) is -0.208. The highest BCUT2D eigenvalue weighted by Gasteiger charge is 2.06. The molecule has 5 nitrogen and oxygen atoms in total. The molecule has 0 amide bonds. The maximum Gasteiger partial charge on any atom is 0.291 e. The molecule has 0 saturated heterocycles. The van der Waals surface area contributed by atoms with Gasteiger partial charge >= 0.3 is 0 Å². The van der Waals surface area contributed by atoms with Crippen LogP contribution in [-0.2, 0) is 6.42 Å². The van der Waals surface area contributed by atoms with E-state index >= 15 is 0 Å². The molecule has 72 valence electrons. The summed E-state index contributed by atoms with van der Waals surface area (Å²) in [6, 6.07) is 0. The molecule has 0 unspecified atom stereocenters. The van der Waals surface area contributed by atoms with E-state index in [1.807, 2.05) is 6.92 Å². The van der Waals surface area contributed by atoms with Crippen LogP contribution >= 0.6 is 0 Å². The lowest BCUT2D eigenvalue weighted by atomic mass is 10.4. The van der Waals surface area contributed by atoms with E-state index in [2.05, 4.69) is 15.0 Å². The van der Waals surface area contributed by atoms with Crippen molar-refractivity contribution in [2.24, 2.45) is 0 Å². The van der Waals surface area contributed by atoms with Crippen molar-refractivity contribution in [3.63, 3.8) is 0 Å². The molecule has 0 saturated carbocycles. The van der Waals surface area contributed by atoms with Gasteiger partial charge in [-0.25, -0.2) is 9.97 Å². The zero-order chi connectivity index (χ0) is 9.97. The molecule has 0 aliphatic rings. The number of rotatable bonds is 2. The highest BCUT2D eigenvalue weighted by molar-refractivity contribution is 5.20. The van der Waals surface area contributed by atoms with Crippen molar-refractivity contribution >= 4 is 0 Å². The van der Waals surface area contributed by atoms with E-state index in [9.17, 15) is 4.79 Å². The Kier molecular flexibility index (Phi) is 2.14. The second-order valence-corrected chi connectivity index (χ2v) is 2.81. The van der Waals surface area contributed by atoms with Crippen LogP contribution in [0, 0.1) is 0 Å². The molecule has 0 aliphatic carbocycles. The van der Waals surface area contributed by atoms with Crippen LogP contribution in [-0.4, -0.2) is 19.5 Å². The maximum absolute atomic E-state index is 11.4. The van der Waals surface area contributed by atoms with Gasteiger partial charge in [0, 0.05) is 31.2 Å². The fraction of sp³-hybridized carbons (Fsp3) is 0.222. The monoisotopic (exact) mass is 190 g/mol. The van der Waals surface area contributed by atoms with Crippen LogP contribution in [0.5, 0.6) is 0 Å². The van der Waals surface area contributed by atoms with Crippen LogP contribution in [0.2, 0.25) is 0 Å². The van der Waals surface area contributed by atoms with Gasteiger partial charge in [0.1, 0.15) is 5.82 Å². The average Bonchev–Trinajstić information content (AvgIpc) is 2.66. The molecule has 5 heteroatoms. The Labute approximate surface area is 80.5 Å². The molecule has 2 aromatic heterocycles. The topological polar surface area (TPSA) is 63.6 Å². The predicted octanol–water partition coefficient (Wildman–Crippen LogP) is 0.518. The average molecular weight is 190 g/mol. The number of hydrogen-bond acceptors (Lipinski definition) is 3. The summed E-state index contributed by atoms with van der Waals surface area (Å²) in [6.07, 6.45) is 7.22. The summed E-state index contributed by atoms with van der Waals surface area (Å²) >= 11 is 0. The molecule has 14 heavy (non-hydrogen) atoms. The van der Waals surface area contributed by atoms with Crippen molar-refractivity contribution in [3.05, 3.63) is 41.0 Å². The van der Waals surface area contributed by atoms with E-state index in [0.29, 0.717) is 5.82 Å². The molecule has 0 aliphatic heterocycles. The summed E-state index contributed by atoms with van der Waals surface area (Å²) in [4.78, 5) is 22.1. The summed E-state index contributed by atoms with van der Waals surface area (Å²) < 4.78 is 1.69. The van der Waals surface area contributed by atoms with E-state index in [-0.39, 0.29) is 5.56 Å². The summed E-state index contributed by atoms with van der Waals surface area (Å²) in [6.45, 7) is 1.98. The lowest BCUT2D eigenvalue weighted by Gasteiger charge is -2.02. The molecule has 0 atom stereocenters. The van der Waals surface area contributed by atoms with E-state index < -0.39 is 0 Å². The van der Waals surface area contributed by atoms with Gasteiger partial charge in [-0.3, -0.25) is 9.36 Å². The standard InChI is InChI=1S/C9H10N4O/c1-2-7-10-5-6-13(7)8-9(14)12-4-3-11-8/h3-6H,2H2,1H3,(H,12,14). The van der Waals surface area contributed by atoms with Crippen molar-refractivity contribution in [3.8, 4) is 5.82 Å². The maximum atomic E-state index is 11.4. The van der Waals surface area contributed by atoms with Crippen LogP contribution in [0.4, 0.5) is 0 Å². The molecule has 0 bridgehead atoms. The summed E-state index contributed by atoms with van der Waals surface area (Å²) in [7, 11) is 0. The lowest BCUT2D eigenvalue weighted by Crippen LogP contribution is -2.16. The van der Waals surface area contributed by atoms with E-state index in [1.54, 1.807) is 23.2 Å². The van der Waals surface area contributed by atoms with Crippen LogP contribution < -0.4 is 5.56 Å². The Hall–Kier alpha value is -1.91. The predicted molar refractivity (Wildman–Crippen MR) is 51.4 cm³/mol. The van der Waals surface area contributed by atoms with Gasteiger partial charge in [-0.05, 0) is 0 Å². The minimum Gasteiger partial charge on any atom is -0.324 e. The van der Waals surface area contributed by atoms with E-state index in [4.69, 9.17) is 0 Å². The third-order valence-electron chi connectivity index (χ3n) is 1.95. The number of hydrogen-bond donors (Lipinski definition) is 1. The summed E-state index contributed by atoms with van der Waals surface area (Å²) in [5.74, 6) is 1.19. The van der Waals surface area contributed by atoms with Gasteiger partial charge < -0.3 is 4.98 Å². The van der Waals surface area contributed by atoms with Crippen molar-refractivity contribution in [2.45, 2.75) is 13.3 Å². The van der Waals surface area contributed by atoms with Crippen molar-refractivity contribution in [1.82, 2.24) is 19.5 Å². The zero-order valence-electron chi connectivity index (χ0n) is 7.77. The van der Waals surface area contributed by atoms with Gasteiger partial charge in [0.05, 0.1) is 0 Å². The van der Waals surface area contributed by atoms with E-state index in [1.165, 1.54) is 6.20 Å². The van der Waals surface area contributed by atoms with Crippen molar-refractivity contribution < 1.29 is 0 Å². The minimum absolute atomic E-state index is 0.208. The van der Waals surface area contributed by atoms with E-state index in [0.717, 1.165) is 12.2 Å². The number of aryl methyl sites for hydroxylation is 1. The molecule has 0 radical (unpaired) electrons. The molecule has 2 aromatic rings. The third kappa shape index (κ3) is 1.32. The van der Waals surface area contributed by atoms with Gasteiger partial charge in [-0.1, -0.05) is 6.92 Å². The smallest absolute Gasteiger partial charge is 0.291 e. The number of aromatic amines is 1. The number of nitrogens with one attached hydrogen (secondary N) is 1. The van der Waals surface area contributed by atoms with Crippen LogP contribution in [0.25, 0.3) is 5.82 Å². The molecular formula is C9H10N4O. The Morgan fingerprint density at radius 3 is 3.00 bits per heavy atom. The number of H-pyrrole nitrogens is 1. The second kappa shape index (κ2) is 3.45. The molecule has 2 rings (SSSR count). The third-order valence-corrected chi connectivity index (χ3v) is 1.95. The first-order valence-electron chi connectivity index (χ1n) is 4.39. The van der Waals surface area contributed by atoms with Crippen LogP contribution in [0.15, 0.2) is 29.6 Å². The Morgan fingerprint density at radius 2 is 2.29 bits per heavy atom. The normalized spacial score (nSPS) is 10.4. The molecule has 0 spiro atoms. The highest BCUT2D eigenvalue weighted by atomic mass is 16.1. The van der Waals surface area contributed by atoms with Crippen molar-refractivity contribution in [1.29, 1.82) is 0 Å². The molecule has 0 fully saturated rings. The lowest BCUT2D eigenvalue weighted by molar-refractivity contribution is 0.849. The van der Waals surface area contributed by atoms with Crippen LogP contribution in [0.1, 0.15) is 12.7 Å². The second-order valence-electron chi connectivity index (χ2n) is 2.81. The van der Waals surface area contributed by atoms with Gasteiger partial charge in [-0.15, -0.1) is 0 Å². The van der Waals surface area contributed by atoms with Gasteiger partial charge in [-0.2, -0.15) is 0 Å². The molecule has 1 N–H and O–H groups in total. The Balaban J connectivity index is 2.60.